The first-order chi connectivity index (χ1) is 21.6. The van der Waals surface area contributed by atoms with Crippen molar-refractivity contribution < 1.29 is 23.9 Å². The summed E-state index contributed by atoms with van der Waals surface area (Å²) in [4.78, 5) is 70.5. The number of unbranched alkanes of at least 4 members (excludes halogenated alkanes) is 8. The number of aromatic nitrogens is 2. The molecular weight excluding hydrogens is 570 g/mol. The quantitative estimate of drug-likeness (QED) is 0.0988. The Morgan fingerprint density at radius 1 is 0.844 bits per heavy atom. The van der Waals surface area contributed by atoms with Gasteiger partial charge in [0.25, 0.3) is 5.56 Å². The number of Topliss-reactive ketones (excluding diaryl/α,β-unsaturated/α-hetero) is 1. The van der Waals surface area contributed by atoms with Gasteiger partial charge in [0.1, 0.15) is 11.1 Å². The normalized spacial score (nSPS) is 13.0. The summed E-state index contributed by atoms with van der Waals surface area (Å²) >= 11 is 0. The molecule has 0 bridgehead atoms. The summed E-state index contributed by atoms with van der Waals surface area (Å²) < 4.78 is 7.26. The number of allylic oxidation sites excluding steroid dienone is 1. The average Bonchev–Trinajstić information content (AvgIpc) is 3.39. The first-order valence-corrected chi connectivity index (χ1v) is 16.5. The molecule has 1 aliphatic rings. The molecule has 1 aromatic carbocycles. The van der Waals surface area contributed by atoms with Gasteiger partial charge in [-0.2, -0.15) is 0 Å². The number of nitrogens with zero attached hydrogens (tertiary/aromatic N) is 3. The number of rotatable bonds is 18. The van der Waals surface area contributed by atoms with E-state index in [1.165, 1.54) is 43.6 Å². The van der Waals surface area contributed by atoms with Crippen molar-refractivity contribution in [3.8, 4) is 0 Å². The van der Waals surface area contributed by atoms with E-state index in [0.717, 1.165) is 58.8 Å². The molecule has 9 heteroatoms. The van der Waals surface area contributed by atoms with E-state index in [9.17, 15) is 24.0 Å². The molecule has 0 N–H and O–H groups in total. The first kappa shape index (κ1) is 35.6. The van der Waals surface area contributed by atoms with Crippen LogP contribution in [0.2, 0.25) is 0 Å². The minimum atomic E-state index is -0.719. The van der Waals surface area contributed by atoms with Crippen LogP contribution in [0.1, 0.15) is 133 Å². The number of hydrogen-bond donors (Lipinski definition) is 0. The molecule has 1 aromatic heterocycles. The first-order valence-electron chi connectivity index (χ1n) is 16.5. The Morgan fingerprint density at radius 3 is 1.96 bits per heavy atom. The number of esters is 1. The molecule has 0 radical (unpaired) electrons. The van der Waals surface area contributed by atoms with Crippen molar-refractivity contribution in [2.24, 2.45) is 5.92 Å². The fourth-order valence-electron chi connectivity index (χ4n) is 5.98. The molecule has 2 amide bonds. The monoisotopic (exact) mass is 619 g/mol. The molecule has 244 valence electrons. The molecule has 2 heterocycles. The second-order valence-corrected chi connectivity index (χ2v) is 12.0. The summed E-state index contributed by atoms with van der Waals surface area (Å²) in [5.74, 6) is -2.82. The van der Waals surface area contributed by atoms with E-state index < -0.39 is 29.1 Å². The molecule has 9 nitrogen and oxygen atoms in total. The van der Waals surface area contributed by atoms with Crippen LogP contribution < -0.4 is 10.5 Å². The lowest BCUT2D eigenvalue weighted by Crippen LogP contribution is -2.39. The van der Waals surface area contributed by atoms with E-state index in [1.54, 1.807) is 0 Å². The van der Waals surface area contributed by atoms with Crippen LogP contribution in [-0.2, 0) is 25.7 Å². The molecule has 0 fully saturated rings. The zero-order valence-electron chi connectivity index (χ0n) is 27.7. The van der Waals surface area contributed by atoms with Crippen molar-refractivity contribution in [3.63, 3.8) is 0 Å². The Kier molecular flexibility index (Phi) is 13.9. The number of benzene rings is 1. The molecule has 3 rings (SSSR count). The number of carbonyl (C=O) groups excluding carboxylic acids is 4. The minimum Gasteiger partial charge on any atom is -0.462 e. The van der Waals surface area contributed by atoms with Gasteiger partial charge in [0.05, 0.1) is 13.2 Å². The Morgan fingerprint density at radius 2 is 1.40 bits per heavy atom. The second-order valence-electron chi connectivity index (χ2n) is 12.0. The number of ketones is 1. The van der Waals surface area contributed by atoms with E-state index in [-0.39, 0.29) is 41.8 Å². The van der Waals surface area contributed by atoms with Gasteiger partial charge in [-0.15, -0.1) is 0 Å². The highest BCUT2D eigenvalue weighted by Crippen LogP contribution is 2.35. The molecule has 45 heavy (non-hydrogen) atoms. The maximum Gasteiger partial charge on any atom is 0.342 e. The predicted octanol–water partition coefficient (Wildman–Crippen LogP) is 7.15. The fourth-order valence-corrected chi connectivity index (χ4v) is 5.98. The summed E-state index contributed by atoms with van der Waals surface area (Å²) in [5.41, 5.74) is 0.245. The summed E-state index contributed by atoms with van der Waals surface area (Å²) in [6.07, 6.45) is 13.7. The molecular formula is C36H49N3O6. The van der Waals surface area contributed by atoms with Gasteiger partial charge in [-0.25, -0.2) is 14.7 Å². The number of carbonyl (C=O) groups is 4. The lowest BCUT2D eigenvalue weighted by Gasteiger charge is -2.20. The van der Waals surface area contributed by atoms with E-state index in [2.05, 4.69) is 18.8 Å². The highest BCUT2D eigenvalue weighted by molar-refractivity contribution is 6.25. The van der Waals surface area contributed by atoms with Crippen molar-refractivity contribution in [2.45, 2.75) is 118 Å². The molecule has 0 saturated heterocycles. The number of hydrogen-bond acceptors (Lipinski definition) is 7. The zero-order chi connectivity index (χ0) is 32.9. The number of fused-ring (bicyclic) bond motifs is 1. The largest absolute Gasteiger partial charge is 0.462 e. The number of anilines is 1. The standard InChI is InChI=1S/C36H49N3O6/c1-6-8-10-12-13-16-20-28(19-15-11-9-7-2)24-45-36(44)32-30(29-21-17-14-18-22-29)23-38-33(32)37-34(31(25(3)40)35(38)43)39(26(4)41)27(5)42/h14,17-18,21-22,28H,6-13,15-16,19-20,23-24H2,1-5H3. The SMILES string of the molecule is CCCCCCCCC(CCCCCC)COC(=O)C1=C(c2ccccc2)Cn2c1nc(N(C(C)=O)C(C)=O)c(C(C)=O)c2=O. The molecule has 0 saturated carbocycles. The van der Waals surface area contributed by atoms with Crippen molar-refractivity contribution in [1.29, 1.82) is 0 Å². The van der Waals surface area contributed by atoms with Gasteiger partial charge in [0, 0.05) is 13.8 Å². The third kappa shape index (κ3) is 9.31. The van der Waals surface area contributed by atoms with Crippen LogP contribution >= 0.6 is 0 Å². The second kappa shape index (κ2) is 17.6. The van der Waals surface area contributed by atoms with Gasteiger partial charge in [0.2, 0.25) is 11.8 Å². The van der Waals surface area contributed by atoms with Crippen molar-refractivity contribution in [3.05, 3.63) is 57.6 Å². The van der Waals surface area contributed by atoms with Crippen LogP contribution in [0, 0.1) is 5.92 Å². The topological polar surface area (TPSA) is 116 Å². The highest BCUT2D eigenvalue weighted by Gasteiger charge is 2.36. The van der Waals surface area contributed by atoms with Crippen LogP contribution in [0.25, 0.3) is 11.1 Å². The third-order valence-corrected chi connectivity index (χ3v) is 8.39. The molecule has 1 atom stereocenters. The smallest absolute Gasteiger partial charge is 0.342 e. The van der Waals surface area contributed by atoms with Crippen LogP contribution in [0.4, 0.5) is 5.82 Å². The predicted molar refractivity (Wildman–Crippen MR) is 177 cm³/mol. The van der Waals surface area contributed by atoms with E-state index in [1.807, 2.05) is 30.3 Å². The summed E-state index contributed by atoms with van der Waals surface area (Å²) in [5, 5.41) is 0. The lowest BCUT2D eigenvalue weighted by molar-refractivity contribution is -0.138. The zero-order valence-corrected chi connectivity index (χ0v) is 27.7. The lowest BCUT2D eigenvalue weighted by atomic mass is 9.95. The third-order valence-electron chi connectivity index (χ3n) is 8.39. The minimum absolute atomic E-state index is 0.00543. The van der Waals surface area contributed by atoms with Crippen LogP contribution in [0.3, 0.4) is 0 Å². The van der Waals surface area contributed by atoms with Gasteiger partial charge < -0.3 is 4.74 Å². The Hall–Kier alpha value is -3.88. The Bertz CT molecular complexity index is 1430. The highest BCUT2D eigenvalue weighted by atomic mass is 16.5. The summed E-state index contributed by atoms with van der Waals surface area (Å²) in [7, 11) is 0. The van der Waals surface area contributed by atoms with Gasteiger partial charge >= 0.3 is 5.97 Å². The van der Waals surface area contributed by atoms with E-state index >= 15 is 0 Å². The van der Waals surface area contributed by atoms with Crippen molar-refractivity contribution >= 4 is 40.5 Å². The molecule has 0 aliphatic carbocycles. The van der Waals surface area contributed by atoms with Gasteiger partial charge in [-0.1, -0.05) is 108 Å². The van der Waals surface area contributed by atoms with Crippen LogP contribution in [0.15, 0.2) is 35.1 Å². The number of imide groups is 1. The van der Waals surface area contributed by atoms with Crippen molar-refractivity contribution in [2.75, 3.05) is 11.5 Å². The van der Waals surface area contributed by atoms with Crippen molar-refractivity contribution in [1.82, 2.24) is 9.55 Å². The molecule has 1 aliphatic heterocycles. The van der Waals surface area contributed by atoms with E-state index in [4.69, 9.17) is 4.74 Å². The van der Waals surface area contributed by atoms with Gasteiger partial charge in [-0.3, -0.25) is 23.7 Å². The maximum atomic E-state index is 13.9. The molecule has 0 spiro atoms. The van der Waals surface area contributed by atoms with Crippen LogP contribution in [0.5, 0.6) is 0 Å². The fraction of sp³-hybridized carbons (Fsp3) is 0.556. The van der Waals surface area contributed by atoms with E-state index in [0.29, 0.717) is 16.0 Å². The number of amides is 2. The molecule has 2 aromatic rings. The number of ether oxygens (including phenoxy) is 1. The molecule has 1 unspecified atom stereocenters. The Balaban J connectivity index is 1.99. The average molecular weight is 620 g/mol. The van der Waals surface area contributed by atoms with Crippen LogP contribution in [-0.4, -0.2) is 39.7 Å². The van der Waals surface area contributed by atoms with Gasteiger partial charge in [0.15, 0.2) is 17.4 Å². The van der Waals surface area contributed by atoms with Gasteiger partial charge in [-0.05, 0) is 36.8 Å². The summed E-state index contributed by atoms with van der Waals surface area (Å²) in [6, 6.07) is 9.18. The Labute approximate surface area is 267 Å². The maximum absolute atomic E-state index is 13.9. The summed E-state index contributed by atoms with van der Waals surface area (Å²) in [6.45, 7) is 8.14.